The minimum Gasteiger partial charge on any atom is -0.367 e. The highest BCUT2D eigenvalue weighted by Gasteiger charge is 2.66. The third-order valence-electron chi connectivity index (χ3n) is 6.04. The van der Waals surface area contributed by atoms with E-state index in [1.165, 1.54) is 11.3 Å². The van der Waals surface area contributed by atoms with Crippen molar-refractivity contribution in [2.75, 3.05) is 12.0 Å². The molecule has 0 unspecified atom stereocenters. The molecule has 2 amide bonds. The van der Waals surface area contributed by atoms with Gasteiger partial charge in [0.05, 0.1) is 18.5 Å². The number of hydrogen-bond acceptors (Lipinski definition) is 3. The largest absolute Gasteiger partial charge is 0.367 e. The molecule has 1 aromatic carbocycles. The number of allylic oxidation sites excluding steroid dienone is 2. The zero-order valence-corrected chi connectivity index (χ0v) is 14.1. The van der Waals surface area contributed by atoms with Crippen LogP contribution in [0.25, 0.3) is 0 Å². The number of halogens is 1. The first kappa shape index (κ1) is 13.8. The van der Waals surface area contributed by atoms with Crippen LogP contribution in [0.2, 0.25) is 0 Å². The number of amides is 2. The molecule has 2 saturated carbocycles. The molecule has 1 aromatic rings. The van der Waals surface area contributed by atoms with Gasteiger partial charge in [0.1, 0.15) is 0 Å². The fourth-order valence-electron chi connectivity index (χ4n) is 4.91. The Kier molecular flexibility index (Phi) is 2.81. The summed E-state index contributed by atoms with van der Waals surface area (Å²) < 4.78 is 1.00. The minimum absolute atomic E-state index is 0.0225. The lowest BCUT2D eigenvalue weighted by molar-refractivity contribution is -0.139. The Balaban J connectivity index is 1.36. The lowest BCUT2D eigenvalue weighted by Gasteiger charge is -2.37. The lowest BCUT2D eigenvalue weighted by Crippen LogP contribution is -2.40. The second-order valence-electron chi connectivity index (χ2n) is 7.10. The Morgan fingerprint density at radius 2 is 1.57 bits per heavy atom. The average molecular weight is 373 g/mol. The summed E-state index contributed by atoms with van der Waals surface area (Å²) in [6.07, 6.45) is 5.61. The zero-order chi connectivity index (χ0) is 15.7. The number of carbonyl (C=O) groups excluding carboxylic acids is 2. The second kappa shape index (κ2) is 4.69. The number of rotatable bonds is 3. The van der Waals surface area contributed by atoms with Crippen molar-refractivity contribution in [3.8, 4) is 0 Å². The van der Waals surface area contributed by atoms with Gasteiger partial charge in [0.2, 0.25) is 11.8 Å². The first-order valence-corrected chi connectivity index (χ1v) is 8.97. The van der Waals surface area contributed by atoms with Crippen LogP contribution in [0, 0.1) is 35.5 Å². The van der Waals surface area contributed by atoms with Gasteiger partial charge in [-0.3, -0.25) is 14.5 Å². The van der Waals surface area contributed by atoms with Gasteiger partial charge in [-0.2, -0.15) is 0 Å². The highest BCUT2D eigenvalue weighted by Crippen LogP contribution is 2.65. The highest BCUT2D eigenvalue weighted by atomic mass is 79.9. The number of carbonyl (C=O) groups is 2. The summed E-state index contributed by atoms with van der Waals surface area (Å²) in [4.78, 5) is 27.0. The molecule has 23 heavy (non-hydrogen) atoms. The molecule has 4 aliphatic carbocycles. The summed E-state index contributed by atoms with van der Waals surface area (Å²) >= 11 is 3.40. The maximum atomic E-state index is 12.8. The van der Waals surface area contributed by atoms with Crippen molar-refractivity contribution < 1.29 is 9.59 Å². The monoisotopic (exact) mass is 372 g/mol. The standard InChI is InChI=1S/C18H17BrN2O2/c19-9-1-3-10(4-2-9)20-8-21-17(22)15-11-5-6-12(14-7-13(11)14)16(15)18(21)23/h1-6,11-16,20H,7-8H2/t11-,12-,13-,14+,15-,16+/m0/s1. The minimum atomic E-state index is -0.104. The van der Waals surface area contributed by atoms with Crippen molar-refractivity contribution >= 4 is 33.4 Å². The fourth-order valence-corrected chi connectivity index (χ4v) is 5.18. The van der Waals surface area contributed by atoms with Crippen molar-refractivity contribution in [1.29, 1.82) is 0 Å². The number of hydrogen-bond donors (Lipinski definition) is 1. The molecule has 6 atom stereocenters. The predicted octanol–water partition coefficient (Wildman–Crippen LogP) is 2.87. The molecule has 1 N–H and O–H groups in total. The Labute approximate surface area is 143 Å². The van der Waals surface area contributed by atoms with Crippen molar-refractivity contribution in [2.45, 2.75) is 6.42 Å². The molecule has 0 spiro atoms. The van der Waals surface area contributed by atoms with Crippen molar-refractivity contribution in [2.24, 2.45) is 35.5 Å². The van der Waals surface area contributed by atoms with E-state index in [-0.39, 0.29) is 30.3 Å². The molecule has 118 valence electrons. The first-order valence-electron chi connectivity index (χ1n) is 8.18. The van der Waals surface area contributed by atoms with E-state index < -0.39 is 0 Å². The molecule has 1 saturated heterocycles. The van der Waals surface area contributed by atoms with Gasteiger partial charge in [0.15, 0.2) is 0 Å². The van der Waals surface area contributed by atoms with Crippen LogP contribution in [0.3, 0.4) is 0 Å². The van der Waals surface area contributed by atoms with Gasteiger partial charge >= 0.3 is 0 Å². The van der Waals surface area contributed by atoms with E-state index in [2.05, 4.69) is 33.4 Å². The number of anilines is 1. The summed E-state index contributed by atoms with van der Waals surface area (Å²) in [5.41, 5.74) is 0.910. The normalized spacial score (nSPS) is 39.4. The number of likely N-dealkylation sites (tertiary alicyclic amines) is 1. The molecule has 1 aliphatic heterocycles. The number of nitrogens with one attached hydrogen (secondary N) is 1. The molecule has 1 heterocycles. The zero-order valence-electron chi connectivity index (χ0n) is 12.5. The van der Waals surface area contributed by atoms with Crippen molar-refractivity contribution in [3.63, 3.8) is 0 Å². The number of imide groups is 1. The van der Waals surface area contributed by atoms with E-state index in [1.54, 1.807) is 0 Å². The smallest absolute Gasteiger partial charge is 0.235 e. The quantitative estimate of drug-likeness (QED) is 0.655. The second-order valence-corrected chi connectivity index (χ2v) is 8.02. The summed E-state index contributed by atoms with van der Waals surface area (Å²) in [6.45, 7) is 0.265. The predicted molar refractivity (Wildman–Crippen MR) is 89.2 cm³/mol. The van der Waals surface area contributed by atoms with Gasteiger partial charge in [-0.15, -0.1) is 0 Å². The summed E-state index contributed by atoms with van der Waals surface area (Å²) in [7, 11) is 0. The van der Waals surface area contributed by atoms with E-state index >= 15 is 0 Å². The topological polar surface area (TPSA) is 49.4 Å². The molecule has 6 rings (SSSR count). The maximum absolute atomic E-state index is 12.8. The van der Waals surface area contributed by atoms with Crippen LogP contribution >= 0.6 is 15.9 Å². The van der Waals surface area contributed by atoms with Crippen LogP contribution in [0.4, 0.5) is 5.69 Å². The molecule has 3 fully saturated rings. The van der Waals surface area contributed by atoms with Crippen LogP contribution in [0.5, 0.6) is 0 Å². The van der Waals surface area contributed by atoms with E-state index in [4.69, 9.17) is 0 Å². The number of benzene rings is 1. The molecular weight excluding hydrogens is 356 g/mol. The Morgan fingerprint density at radius 1 is 1.00 bits per heavy atom. The van der Waals surface area contributed by atoms with Crippen molar-refractivity contribution in [1.82, 2.24) is 4.90 Å². The fraction of sp³-hybridized carbons (Fsp3) is 0.444. The molecule has 0 aromatic heterocycles. The molecular formula is C18H17BrN2O2. The van der Waals surface area contributed by atoms with Gasteiger partial charge in [-0.05, 0) is 54.4 Å². The Bertz CT molecular complexity index is 693. The third-order valence-corrected chi connectivity index (χ3v) is 6.57. The van der Waals surface area contributed by atoms with Crippen LogP contribution in [0.1, 0.15) is 6.42 Å². The lowest BCUT2D eigenvalue weighted by atomic mass is 9.63. The van der Waals surface area contributed by atoms with E-state index in [0.717, 1.165) is 10.2 Å². The van der Waals surface area contributed by atoms with E-state index in [9.17, 15) is 9.59 Å². The SMILES string of the molecule is O=C1[C@@H]2[C@H]3C=C[C@@H]([C@@H]4C[C@H]34)[C@@H]2C(=O)N1CNc1ccc(Br)cc1. The molecule has 2 bridgehead atoms. The Hall–Kier alpha value is -1.62. The summed E-state index contributed by atoms with van der Waals surface area (Å²) in [6, 6.07) is 7.74. The van der Waals surface area contributed by atoms with E-state index in [1.807, 2.05) is 24.3 Å². The van der Waals surface area contributed by atoms with Crippen LogP contribution in [-0.4, -0.2) is 23.4 Å². The molecule has 5 heteroatoms. The third kappa shape index (κ3) is 1.89. The van der Waals surface area contributed by atoms with Gasteiger partial charge in [0, 0.05) is 10.2 Å². The van der Waals surface area contributed by atoms with Crippen molar-refractivity contribution in [3.05, 3.63) is 40.9 Å². The highest BCUT2D eigenvalue weighted by molar-refractivity contribution is 9.10. The van der Waals surface area contributed by atoms with Gasteiger partial charge in [-0.25, -0.2) is 0 Å². The van der Waals surface area contributed by atoms with Crippen LogP contribution in [0.15, 0.2) is 40.9 Å². The summed E-state index contributed by atoms with van der Waals surface area (Å²) in [5, 5.41) is 3.20. The van der Waals surface area contributed by atoms with E-state index in [0.29, 0.717) is 23.7 Å². The van der Waals surface area contributed by atoms with Gasteiger partial charge in [-0.1, -0.05) is 28.1 Å². The average Bonchev–Trinajstić information content (AvgIpc) is 3.33. The molecule has 5 aliphatic rings. The molecule has 0 radical (unpaired) electrons. The molecule has 4 nitrogen and oxygen atoms in total. The van der Waals surface area contributed by atoms with Crippen LogP contribution < -0.4 is 5.32 Å². The van der Waals surface area contributed by atoms with Crippen LogP contribution in [-0.2, 0) is 9.59 Å². The van der Waals surface area contributed by atoms with Gasteiger partial charge < -0.3 is 5.32 Å². The number of nitrogens with zero attached hydrogens (tertiary/aromatic N) is 1. The van der Waals surface area contributed by atoms with Gasteiger partial charge in [0.25, 0.3) is 0 Å². The summed E-state index contributed by atoms with van der Waals surface area (Å²) in [5.74, 6) is 1.74. The first-order chi connectivity index (χ1) is 11.1. The maximum Gasteiger partial charge on any atom is 0.235 e. The Morgan fingerprint density at radius 3 is 2.13 bits per heavy atom.